The summed E-state index contributed by atoms with van der Waals surface area (Å²) < 4.78 is 1.91. The molecule has 0 spiro atoms. The number of aliphatic hydroxyl groups is 1. The Kier molecular flexibility index (Phi) is 4.53. The Labute approximate surface area is 130 Å². The van der Waals surface area contributed by atoms with Gasteiger partial charge in [0.05, 0.1) is 6.33 Å². The van der Waals surface area contributed by atoms with Gasteiger partial charge < -0.3 is 14.6 Å². The Bertz CT molecular complexity index is 607. The fourth-order valence-corrected chi connectivity index (χ4v) is 3.08. The molecule has 1 unspecified atom stereocenters. The molecule has 1 N–H and O–H groups in total. The Morgan fingerprint density at radius 2 is 2.14 bits per heavy atom. The zero-order valence-electron chi connectivity index (χ0n) is 12.6. The molecule has 1 aliphatic rings. The van der Waals surface area contributed by atoms with Crippen molar-refractivity contribution >= 4 is 5.91 Å². The van der Waals surface area contributed by atoms with E-state index in [-0.39, 0.29) is 18.6 Å². The van der Waals surface area contributed by atoms with E-state index in [2.05, 4.69) is 4.98 Å². The summed E-state index contributed by atoms with van der Waals surface area (Å²) in [6, 6.07) is 7.90. The maximum Gasteiger partial charge on any atom is 0.254 e. The van der Waals surface area contributed by atoms with Gasteiger partial charge in [0.2, 0.25) is 0 Å². The van der Waals surface area contributed by atoms with Crippen LogP contribution in [-0.4, -0.2) is 44.7 Å². The van der Waals surface area contributed by atoms with Crippen LogP contribution in [0, 0.1) is 0 Å². The highest BCUT2D eigenvalue weighted by atomic mass is 16.3. The van der Waals surface area contributed by atoms with Gasteiger partial charge in [0.25, 0.3) is 5.91 Å². The van der Waals surface area contributed by atoms with Gasteiger partial charge in [0, 0.05) is 42.8 Å². The molecular weight excluding hydrogens is 278 g/mol. The minimum absolute atomic E-state index is 0.0950. The number of hydrogen-bond donors (Lipinski definition) is 1. The molecule has 5 nitrogen and oxygen atoms in total. The second-order valence-electron chi connectivity index (χ2n) is 5.68. The number of aliphatic hydroxyl groups excluding tert-OH is 1. The molecule has 1 aromatic carbocycles. The van der Waals surface area contributed by atoms with Crippen molar-refractivity contribution < 1.29 is 9.90 Å². The standard InChI is InChI=1S/C17H21N3O2/c21-12-2-4-16-3-1-10-20(16)17(22)14-5-7-15(8-6-14)19-11-9-18-13-19/h5-9,11,13,16,21H,1-4,10,12H2. The van der Waals surface area contributed by atoms with Crippen LogP contribution in [0.1, 0.15) is 36.0 Å². The maximum atomic E-state index is 12.7. The summed E-state index contributed by atoms with van der Waals surface area (Å²) in [4.78, 5) is 18.6. The zero-order valence-corrected chi connectivity index (χ0v) is 12.6. The van der Waals surface area contributed by atoms with E-state index in [1.165, 1.54) is 0 Å². The monoisotopic (exact) mass is 299 g/mol. The van der Waals surface area contributed by atoms with Gasteiger partial charge in [-0.1, -0.05) is 0 Å². The highest BCUT2D eigenvalue weighted by molar-refractivity contribution is 5.94. The molecule has 1 amide bonds. The van der Waals surface area contributed by atoms with Gasteiger partial charge in [-0.15, -0.1) is 0 Å². The number of benzene rings is 1. The summed E-state index contributed by atoms with van der Waals surface area (Å²) in [5.41, 5.74) is 1.71. The number of rotatable bonds is 5. The lowest BCUT2D eigenvalue weighted by molar-refractivity contribution is 0.0724. The molecule has 1 aromatic heterocycles. The predicted octanol–water partition coefficient (Wildman–Crippen LogP) is 2.25. The van der Waals surface area contributed by atoms with Gasteiger partial charge >= 0.3 is 0 Å². The minimum Gasteiger partial charge on any atom is -0.396 e. The van der Waals surface area contributed by atoms with E-state index in [4.69, 9.17) is 5.11 Å². The number of likely N-dealkylation sites (tertiary alicyclic amines) is 1. The number of aromatic nitrogens is 2. The van der Waals surface area contributed by atoms with Crippen molar-refractivity contribution in [2.24, 2.45) is 0 Å². The van der Waals surface area contributed by atoms with Crippen LogP contribution in [0.15, 0.2) is 43.0 Å². The van der Waals surface area contributed by atoms with E-state index in [9.17, 15) is 4.79 Å². The van der Waals surface area contributed by atoms with E-state index in [0.717, 1.165) is 43.5 Å². The van der Waals surface area contributed by atoms with E-state index < -0.39 is 0 Å². The Hall–Kier alpha value is -2.14. The first-order valence-electron chi connectivity index (χ1n) is 7.80. The van der Waals surface area contributed by atoms with Crippen molar-refractivity contribution in [3.8, 4) is 5.69 Å². The molecule has 1 atom stereocenters. The molecule has 2 heterocycles. The second kappa shape index (κ2) is 6.75. The fraction of sp³-hybridized carbons (Fsp3) is 0.412. The smallest absolute Gasteiger partial charge is 0.254 e. The summed E-state index contributed by atoms with van der Waals surface area (Å²) in [7, 11) is 0. The summed E-state index contributed by atoms with van der Waals surface area (Å²) in [6.07, 6.45) is 9.08. The number of hydrogen-bond acceptors (Lipinski definition) is 3. The first kappa shape index (κ1) is 14.8. The molecule has 0 radical (unpaired) electrons. The number of carbonyl (C=O) groups excluding carboxylic acids is 1. The highest BCUT2D eigenvalue weighted by Gasteiger charge is 2.28. The highest BCUT2D eigenvalue weighted by Crippen LogP contribution is 2.24. The fourth-order valence-electron chi connectivity index (χ4n) is 3.08. The molecule has 22 heavy (non-hydrogen) atoms. The molecule has 2 aromatic rings. The lowest BCUT2D eigenvalue weighted by atomic mass is 10.1. The largest absolute Gasteiger partial charge is 0.396 e. The van der Waals surface area contributed by atoms with Crippen LogP contribution < -0.4 is 0 Å². The quantitative estimate of drug-likeness (QED) is 0.921. The predicted molar refractivity (Wildman–Crippen MR) is 83.9 cm³/mol. The second-order valence-corrected chi connectivity index (χ2v) is 5.68. The Balaban J connectivity index is 1.72. The van der Waals surface area contributed by atoms with Gasteiger partial charge in [0.15, 0.2) is 0 Å². The van der Waals surface area contributed by atoms with Crippen molar-refractivity contribution in [3.05, 3.63) is 48.5 Å². The van der Waals surface area contributed by atoms with Gasteiger partial charge in [-0.2, -0.15) is 0 Å². The van der Waals surface area contributed by atoms with Crippen molar-refractivity contribution in [2.75, 3.05) is 13.2 Å². The topological polar surface area (TPSA) is 58.4 Å². The van der Waals surface area contributed by atoms with E-state index >= 15 is 0 Å². The molecule has 1 fully saturated rings. The average molecular weight is 299 g/mol. The summed E-state index contributed by atoms with van der Waals surface area (Å²) >= 11 is 0. The normalized spacial score (nSPS) is 17.9. The number of imidazole rings is 1. The molecular formula is C17H21N3O2. The third-order valence-corrected chi connectivity index (χ3v) is 4.25. The first-order chi connectivity index (χ1) is 10.8. The number of amides is 1. The molecule has 116 valence electrons. The van der Waals surface area contributed by atoms with Crippen LogP contribution >= 0.6 is 0 Å². The van der Waals surface area contributed by atoms with Crippen molar-refractivity contribution in [3.63, 3.8) is 0 Å². The summed E-state index contributed by atoms with van der Waals surface area (Å²) in [5.74, 6) is 0.0950. The van der Waals surface area contributed by atoms with Crippen LogP contribution in [0.3, 0.4) is 0 Å². The van der Waals surface area contributed by atoms with Crippen LogP contribution in [0.25, 0.3) is 5.69 Å². The third kappa shape index (κ3) is 3.04. The van der Waals surface area contributed by atoms with Gasteiger partial charge in [-0.3, -0.25) is 4.79 Å². The van der Waals surface area contributed by atoms with E-state index in [0.29, 0.717) is 0 Å². The van der Waals surface area contributed by atoms with Gasteiger partial charge in [-0.05, 0) is 49.9 Å². The zero-order chi connectivity index (χ0) is 15.4. The molecule has 1 aliphatic heterocycles. The van der Waals surface area contributed by atoms with Crippen LogP contribution in [0.2, 0.25) is 0 Å². The van der Waals surface area contributed by atoms with Crippen LogP contribution in [0.5, 0.6) is 0 Å². The molecule has 1 saturated heterocycles. The molecule has 0 saturated carbocycles. The van der Waals surface area contributed by atoms with Crippen molar-refractivity contribution in [2.45, 2.75) is 31.7 Å². The van der Waals surface area contributed by atoms with Crippen molar-refractivity contribution in [1.29, 1.82) is 0 Å². The van der Waals surface area contributed by atoms with Crippen LogP contribution in [-0.2, 0) is 0 Å². The lowest BCUT2D eigenvalue weighted by Crippen LogP contribution is -2.35. The molecule has 0 aliphatic carbocycles. The summed E-state index contributed by atoms with van der Waals surface area (Å²) in [6.45, 7) is 1.01. The number of carbonyl (C=O) groups is 1. The van der Waals surface area contributed by atoms with E-state index in [1.807, 2.05) is 39.9 Å². The molecule has 5 heteroatoms. The van der Waals surface area contributed by atoms with Crippen LogP contribution in [0.4, 0.5) is 0 Å². The Morgan fingerprint density at radius 3 is 2.82 bits per heavy atom. The maximum absolute atomic E-state index is 12.7. The average Bonchev–Trinajstić information content (AvgIpc) is 3.24. The lowest BCUT2D eigenvalue weighted by Gasteiger charge is -2.24. The SMILES string of the molecule is O=C(c1ccc(-n2ccnc2)cc1)N1CCCC1CCCO. The van der Waals surface area contributed by atoms with E-state index in [1.54, 1.807) is 12.5 Å². The Morgan fingerprint density at radius 1 is 1.32 bits per heavy atom. The number of nitrogens with zero attached hydrogens (tertiary/aromatic N) is 3. The third-order valence-electron chi connectivity index (χ3n) is 4.25. The molecule has 0 bridgehead atoms. The molecule has 3 rings (SSSR count). The first-order valence-corrected chi connectivity index (χ1v) is 7.80. The summed E-state index contributed by atoms with van der Waals surface area (Å²) in [5, 5.41) is 8.98. The van der Waals surface area contributed by atoms with Gasteiger partial charge in [-0.25, -0.2) is 4.98 Å². The minimum atomic E-state index is 0.0950. The van der Waals surface area contributed by atoms with Gasteiger partial charge in [0.1, 0.15) is 0 Å². The van der Waals surface area contributed by atoms with Crippen molar-refractivity contribution in [1.82, 2.24) is 14.5 Å².